The highest BCUT2D eigenvalue weighted by Gasteiger charge is 2.18. The topological polar surface area (TPSA) is 64.1 Å². The van der Waals surface area contributed by atoms with Gasteiger partial charge in [-0.3, -0.25) is 4.68 Å². The fourth-order valence-corrected chi connectivity index (χ4v) is 2.38. The van der Waals surface area contributed by atoms with Gasteiger partial charge in [0, 0.05) is 12.8 Å². The van der Waals surface area contributed by atoms with Gasteiger partial charge < -0.3 is 10.8 Å². The van der Waals surface area contributed by atoms with Crippen LogP contribution in [0.5, 0.6) is 0 Å². The van der Waals surface area contributed by atoms with Crippen LogP contribution < -0.4 is 5.73 Å². The molecule has 1 atom stereocenters. The highest BCUT2D eigenvalue weighted by molar-refractivity contribution is 5.01. The van der Waals surface area contributed by atoms with E-state index in [-0.39, 0.29) is 12.5 Å². The van der Waals surface area contributed by atoms with E-state index in [4.69, 9.17) is 10.8 Å². The van der Waals surface area contributed by atoms with Gasteiger partial charge in [0.2, 0.25) is 0 Å². The summed E-state index contributed by atoms with van der Waals surface area (Å²) < 4.78 is 2.09. The SMILES string of the molecule is NCC(CO)Cc1ccn(C2CCCC2)n1. The van der Waals surface area contributed by atoms with Gasteiger partial charge in [0.25, 0.3) is 0 Å². The second-order valence-corrected chi connectivity index (χ2v) is 4.71. The number of hydrogen-bond donors (Lipinski definition) is 2. The van der Waals surface area contributed by atoms with E-state index < -0.39 is 0 Å². The zero-order valence-corrected chi connectivity index (χ0v) is 9.68. The molecule has 1 heterocycles. The molecule has 3 N–H and O–H groups in total. The van der Waals surface area contributed by atoms with E-state index in [0.29, 0.717) is 12.6 Å². The molecular formula is C12H21N3O. The van der Waals surface area contributed by atoms with Crippen molar-refractivity contribution in [3.05, 3.63) is 18.0 Å². The van der Waals surface area contributed by atoms with Crippen LogP contribution in [0.15, 0.2) is 12.3 Å². The van der Waals surface area contributed by atoms with Gasteiger partial charge in [0.05, 0.1) is 11.7 Å². The number of aliphatic hydroxyl groups is 1. The summed E-state index contributed by atoms with van der Waals surface area (Å²) in [5, 5.41) is 13.7. The molecule has 4 heteroatoms. The van der Waals surface area contributed by atoms with Gasteiger partial charge in [0.15, 0.2) is 0 Å². The van der Waals surface area contributed by atoms with Crippen molar-refractivity contribution in [1.29, 1.82) is 0 Å². The van der Waals surface area contributed by atoms with E-state index in [9.17, 15) is 0 Å². The highest BCUT2D eigenvalue weighted by atomic mass is 16.3. The summed E-state index contributed by atoms with van der Waals surface area (Å²) in [5.41, 5.74) is 6.62. The van der Waals surface area contributed by atoms with Gasteiger partial charge in [-0.25, -0.2) is 0 Å². The van der Waals surface area contributed by atoms with Crippen LogP contribution >= 0.6 is 0 Å². The Kier molecular flexibility index (Phi) is 3.96. The minimum absolute atomic E-state index is 0.145. The van der Waals surface area contributed by atoms with Gasteiger partial charge >= 0.3 is 0 Å². The largest absolute Gasteiger partial charge is 0.396 e. The molecule has 0 spiro atoms. The van der Waals surface area contributed by atoms with E-state index in [1.807, 2.05) is 0 Å². The molecule has 0 amide bonds. The molecule has 16 heavy (non-hydrogen) atoms. The monoisotopic (exact) mass is 223 g/mol. The Morgan fingerprint density at radius 2 is 2.25 bits per heavy atom. The second kappa shape index (κ2) is 5.46. The molecule has 1 unspecified atom stereocenters. The summed E-state index contributed by atoms with van der Waals surface area (Å²) in [6, 6.07) is 2.65. The Hall–Kier alpha value is -0.870. The number of nitrogens with zero attached hydrogens (tertiary/aromatic N) is 2. The molecule has 90 valence electrons. The molecule has 0 saturated heterocycles. The lowest BCUT2D eigenvalue weighted by Gasteiger charge is -2.10. The molecule has 4 nitrogen and oxygen atoms in total. The Morgan fingerprint density at radius 3 is 2.88 bits per heavy atom. The average molecular weight is 223 g/mol. The van der Waals surface area contributed by atoms with Crippen LogP contribution in [-0.2, 0) is 6.42 Å². The zero-order valence-electron chi connectivity index (χ0n) is 9.68. The Bertz CT molecular complexity index is 314. The first-order chi connectivity index (χ1) is 7.83. The molecule has 1 fully saturated rings. The minimum Gasteiger partial charge on any atom is -0.396 e. The van der Waals surface area contributed by atoms with E-state index in [0.717, 1.165) is 12.1 Å². The molecular weight excluding hydrogens is 202 g/mol. The third-order valence-corrected chi connectivity index (χ3v) is 3.45. The fourth-order valence-electron chi connectivity index (χ4n) is 2.38. The first-order valence-corrected chi connectivity index (χ1v) is 6.18. The van der Waals surface area contributed by atoms with Crippen molar-refractivity contribution >= 4 is 0 Å². The van der Waals surface area contributed by atoms with Crippen LogP contribution in [-0.4, -0.2) is 28.0 Å². The standard InChI is InChI=1S/C12H21N3O/c13-8-10(9-16)7-11-5-6-15(14-11)12-3-1-2-4-12/h5-6,10,12,16H,1-4,7-9,13H2. The molecule has 1 aliphatic rings. The third-order valence-electron chi connectivity index (χ3n) is 3.45. The van der Waals surface area contributed by atoms with E-state index in [1.165, 1.54) is 25.7 Å². The second-order valence-electron chi connectivity index (χ2n) is 4.71. The molecule has 1 aromatic rings. The maximum absolute atomic E-state index is 9.09. The van der Waals surface area contributed by atoms with E-state index >= 15 is 0 Å². The first kappa shape index (κ1) is 11.6. The number of hydrogen-bond acceptors (Lipinski definition) is 3. The third kappa shape index (κ3) is 2.62. The lowest BCUT2D eigenvalue weighted by Crippen LogP contribution is -2.20. The molecule has 1 aliphatic carbocycles. The minimum atomic E-state index is 0.145. The van der Waals surface area contributed by atoms with Gasteiger partial charge in [-0.2, -0.15) is 5.10 Å². The fraction of sp³-hybridized carbons (Fsp3) is 0.750. The van der Waals surface area contributed by atoms with Crippen LogP contribution in [0.25, 0.3) is 0 Å². The predicted molar refractivity (Wildman–Crippen MR) is 63.1 cm³/mol. The number of rotatable bonds is 5. The van der Waals surface area contributed by atoms with Gasteiger partial charge in [-0.05, 0) is 37.8 Å². The van der Waals surface area contributed by atoms with Crippen molar-refractivity contribution in [2.75, 3.05) is 13.2 Å². The van der Waals surface area contributed by atoms with Crippen molar-refractivity contribution < 1.29 is 5.11 Å². The van der Waals surface area contributed by atoms with Gasteiger partial charge in [-0.15, -0.1) is 0 Å². The molecule has 0 aromatic carbocycles. The first-order valence-electron chi connectivity index (χ1n) is 6.18. The van der Waals surface area contributed by atoms with Crippen LogP contribution in [0.4, 0.5) is 0 Å². The zero-order chi connectivity index (χ0) is 11.4. The summed E-state index contributed by atoms with van der Waals surface area (Å²) >= 11 is 0. The molecule has 2 rings (SSSR count). The van der Waals surface area contributed by atoms with E-state index in [2.05, 4.69) is 22.0 Å². The van der Waals surface area contributed by atoms with Crippen LogP contribution in [0, 0.1) is 5.92 Å². The number of aromatic nitrogens is 2. The highest BCUT2D eigenvalue weighted by Crippen LogP contribution is 2.28. The molecule has 0 bridgehead atoms. The van der Waals surface area contributed by atoms with Gasteiger partial charge in [0.1, 0.15) is 0 Å². The summed E-state index contributed by atoms with van der Waals surface area (Å²) in [6.45, 7) is 0.666. The summed E-state index contributed by atoms with van der Waals surface area (Å²) in [4.78, 5) is 0. The Labute approximate surface area is 96.5 Å². The molecule has 1 aromatic heterocycles. The molecule has 0 aliphatic heterocycles. The van der Waals surface area contributed by atoms with Crippen molar-refractivity contribution in [3.8, 4) is 0 Å². The maximum atomic E-state index is 9.09. The molecule has 0 radical (unpaired) electrons. The predicted octanol–water partition coefficient (Wildman–Crippen LogP) is 1.11. The lowest BCUT2D eigenvalue weighted by molar-refractivity contribution is 0.228. The van der Waals surface area contributed by atoms with Crippen LogP contribution in [0.1, 0.15) is 37.4 Å². The van der Waals surface area contributed by atoms with Crippen LogP contribution in [0.3, 0.4) is 0 Å². The number of aliphatic hydroxyl groups excluding tert-OH is 1. The Morgan fingerprint density at radius 1 is 1.50 bits per heavy atom. The average Bonchev–Trinajstić information content (AvgIpc) is 2.96. The van der Waals surface area contributed by atoms with Crippen molar-refractivity contribution in [2.45, 2.75) is 38.1 Å². The van der Waals surface area contributed by atoms with Gasteiger partial charge in [-0.1, -0.05) is 12.8 Å². The summed E-state index contributed by atoms with van der Waals surface area (Å²) in [5.74, 6) is 0.145. The quantitative estimate of drug-likeness (QED) is 0.786. The van der Waals surface area contributed by atoms with E-state index in [1.54, 1.807) is 0 Å². The summed E-state index contributed by atoms with van der Waals surface area (Å²) in [6.07, 6.45) is 8.00. The van der Waals surface area contributed by atoms with Crippen LogP contribution in [0.2, 0.25) is 0 Å². The number of nitrogens with two attached hydrogens (primary N) is 1. The normalized spacial score (nSPS) is 19.1. The smallest absolute Gasteiger partial charge is 0.0628 e. The summed E-state index contributed by atoms with van der Waals surface area (Å²) in [7, 11) is 0. The molecule has 1 saturated carbocycles. The Balaban J connectivity index is 1.96. The lowest BCUT2D eigenvalue weighted by atomic mass is 10.1. The van der Waals surface area contributed by atoms with Crippen molar-refractivity contribution in [2.24, 2.45) is 11.7 Å². The van der Waals surface area contributed by atoms with Crippen molar-refractivity contribution in [3.63, 3.8) is 0 Å². The van der Waals surface area contributed by atoms with Crippen molar-refractivity contribution in [1.82, 2.24) is 9.78 Å². The maximum Gasteiger partial charge on any atom is 0.0628 e.